The van der Waals surface area contributed by atoms with Gasteiger partial charge in [-0.1, -0.05) is 0 Å². The number of carbonyl (C=O) groups is 1. The van der Waals surface area contributed by atoms with Gasteiger partial charge in [-0.05, 0) is 11.6 Å². The minimum atomic E-state index is -0.575. The van der Waals surface area contributed by atoms with Crippen LogP contribution in [0.4, 0.5) is 4.79 Å². The molecule has 0 aromatic rings. The van der Waals surface area contributed by atoms with Crippen molar-refractivity contribution in [2.24, 2.45) is 20.0 Å². The van der Waals surface area contributed by atoms with Gasteiger partial charge in [0.15, 0.2) is 5.84 Å². The molecule has 0 atom stereocenters. The fourth-order valence-corrected chi connectivity index (χ4v) is 0.895. The smallest absolute Gasteiger partial charge is 0.244 e. The third kappa shape index (κ3) is 0.988. The average molecular weight is 169 g/mol. The Morgan fingerprint density at radius 1 is 1.27 bits per heavy atom. The van der Waals surface area contributed by atoms with Crippen LogP contribution in [-0.2, 0) is 0 Å². The Morgan fingerprint density at radius 3 is 2.91 bits per heavy atom. The molecule has 11 heavy (non-hydrogen) atoms. The van der Waals surface area contributed by atoms with Crippen molar-refractivity contribution in [1.29, 1.82) is 0 Å². The van der Waals surface area contributed by atoms with Crippen LogP contribution in [0.3, 0.4) is 0 Å². The number of amides is 2. The van der Waals surface area contributed by atoms with E-state index in [0.717, 1.165) is 0 Å². The zero-order valence-electron chi connectivity index (χ0n) is 5.15. The van der Waals surface area contributed by atoms with Crippen molar-refractivity contribution in [3.05, 3.63) is 0 Å². The summed E-state index contributed by atoms with van der Waals surface area (Å²) in [5.74, 6) is 0.245. The summed E-state index contributed by atoms with van der Waals surface area (Å²) in [6.45, 7) is 0. The molecule has 2 aliphatic heterocycles. The van der Waals surface area contributed by atoms with E-state index < -0.39 is 6.03 Å². The highest BCUT2D eigenvalue weighted by Crippen LogP contribution is 2.06. The van der Waals surface area contributed by atoms with Gasteiger partial charge in [0.1, 0.15) is 5.71 Å². The summed E-state index contributed by atoms with van der Waals surface area (Å²) in [5, 5.41) is 0.0832. The highest BCUT2D eigenvalue weighted by Gasteiger charge is 2.19. The number of rotatable bonds is 0. The molecule has 0 fully saturated rings. The lowest BCUT2D eigenvalue weighted by atomic mass is 10.3. The van der Waals surface area contributed by atoms with Gasteiger partial charge in [0.05, 0.1) is 6.21 Å². The second-order valence-electron chi connectivity index (χ2n) is 1.85. The van der Waals surface area contributed by atoms with E-state index in [1.165, 1.54) is 6.21 Å². The van der Waals surface area contributed by atoms with Gasteiger partial charge in [-0.3, -0.25) is 0 Å². The lowest BCUT2D eigenvalue weighted by Gasteiger charge is -1.95. The van der Waals surface area contributed by atoms with E-state index in [1.54, 1.807) is 0 Å². The monoisotopic (exact) mass is 168 g/mol. The quantitative estimate of drug-likeness (QED) is 0.490. The van der Waals surface area contributed by atoms with Crippen molar-refractivity contribution in [2.75, 3.05) is 0 Å². The highest BCUT2D eigenvalue weighted by molar-refractivity contribution is 6.77. The molecule has 0 aromatic heterocycles. The molecule has 2 heterocycles. The second-order valence-corrected chi connectivity index (χ2v) is 2.19. The third-order valence-electron chi connectivity index (χ3n) is 1.14. The minimum absolute atomic E-state index is 0.0832. The van der Waals surface area contributed by atoms with Crippen molar-refractivity contribution in [2.45, 2.75) is 0 Å². The fourth-order valence-electron chi connectivity index (χ4n) is 0.724. The van der Waals surface area contributed by atoms with Gasteiger partial charge in [-0.25, -0.2) is 9.79 Å². The largest absolute Gasteiger partial charge is 0.369 e. The molecular weight excluding hydrogens is 168 g/mol. The number of urea groups is 1. The van der Waals surface area contributed by atoms with E-state index in [0.29, 0.717) is 5.71 Å². The van der Waals surface area contributed by atoms with E-state index in [4.69, 9.17) is 11.6 Å². The van der Waals surface area contributed by atoms with Crippen molar-refractivity contribution in [3.8, 4) is 0 Å². The first-order chi connectivity index (χ1) is 5.25. The molecule has 0 unspecified atom stereocenters. The van der Waals surface area contributed by atoms with E-state index in [9.17, 15) is 4.79 Å². The minimum Gasteiger partial charge on any atom is -0.244 e. The van der Waals surface area contributed by atoms with Gasteiger partial charge in [0, 0.05) is 0 Å². The molecule has 0 aliphatic carbocycles. The predicted octanol–water partition coefficient (Wildman–Crippen LogP) is 0.639. The number of nitrogens with zero attached hydrogens (tertiary/aromatic N) is 4. The number of fused-ring (bicyclic) bond motifs is 1. The van der Waals surface area contributed by atoms with Crippen LogP contribution >= 0.6 is 11.6 Å². The van der Waals surface area contributed by atoms with Crippen LogP contribution in [-0.4, -0.2) is 29.1 Å². The molecular formula is C5HClN4O. The number of aliphatic imine (C=N–C) groups is 4. The molecule has 0 N–H and O–H groups in total. The van der Waals surface area contributed by atoms with E-state index in [1.807, 2.05) is 0 Å². The van der Waals surface area contributed by atoms with Gasteiger partial charge in [-0.2, -0.15) is 15.0 Å². The Bertz CT molecular complexity index is 351. The Hall–Kier alpha value is -1.36. The number of hydrogen-bond donors (Lipinski definition) is 0. The Morgan fingerprint density at radius 2 is 2.09 bits per heavy atom. The third-order valence-corrected chi connectivity index (χ3v) is 1.31. The number of amidine groups is 2. The molecule has 0 saturated heterocycles. The van der Waals surface area contributed by atoms with Crippen LogP contribution in [0.15, 0.2) is 20.0 Å². The van der Waals surface area contributed by atoms with Gasteiger partial charge < -0.3 is 0 Å². The molecule has 0 radical (unpaired) electrons. The SMILES string of the molecule is O=C1N=CC2=NC(Cl)=NC2=N1. The molecule has 0 spiro atoms. The topological polar surface area (TPSA) is 66.5 Å². The van der Waals surface area contributed by atoms with Crippen LogP contribution in [0, 0.1) is 0 Å². The lowest BCUT2D eigenvalue weighted by molar-refractivity contribution is 0.257. The Kier molecular flexibility index (Phi) is 1.19. The van der Waals surface area contributed by atoms with Gasteiger partial charge >= 0.3 is 6.03 Å². The summed E-state index contributed by atoms with van der Waals surface area (Å²) in [7, 11) is 0. The molecule has 5 nitrogen and oxygen atoms in total. The highest BCUT2D eigenvalue weighted by atomic mass is 35.5. The standard InChI is InChI=1S/C5HClN4O/c6-4-8-2-1-7-5(11)10-3(2)9-4/h1H. The summed E-state index contributed by atoms with van der Waals surface area (Å²) in [4.78, 5) is 24.8. The fraction of sp³-hybridized carbons (Fsp3) is 0. The summed E-state index contributed by atoms with van der Waals surface area (Å²) in [6, 6.07) is -0.575. The summed E-state index contributed by atoms with van der Waals surface area (Å²) >= 11 is 5.44. The zero-order chi connectivity index (χ0) is 7.84. The normalized spacial score (nSPS) is 20.8. The summed E-state index contributed by atoms with van der Waals surface area (Å²) < 4.78 is 0. The molecule has 54 valence electrons. The number of carbonyl (C=O) groups excluding carboxylic acids is 1. The van der Waals surface area contributed by atoms with Crippen LogP contribution < -0.4 is 0 Å². The molecule has 0 aromatic carbocycles. The lowest BCUT2D eigenvalue weighted by Crippen LogP contribution is -2.16. The first kappa shape index (κ1) is 6.36. The molecule has 0 bridgehead atoms. The van der Waals surface area contributed by atoms with Gasteiger partial charge in [0.25, 0.3) is 0 Å². The average Bonchev–Trinajstić information content (AvgIpc) is 2.27. The molecule has 0 saturated carbocycles. The summed E-state index contributed by atoms with van der Waals surface area (Å²) in [6.07, 6.45) is 1.30. The Balaban J connectivity index is 2.50. The first-order valence-corrected chi connectivity index (χ1v) is 3.13. The summed E-state index contributed by atoms with van der Waals surface area (Å²) in [5.41, 5.74) is 0.439. The second kappa shape index (κ2) is 2.06. The van der Waals surface area contributed by atoms with Crippen LogP contribution in [0.5, 0.6) is 0 Å². The maximum absolute atomic E-state index is 10.6. The first-order valence-electron chi connectivity index (χ1n) is 2.76. The maximum atomic E-state index is 10.6. The maximum Gasteiger partial charge on any atom is 0.369 e. The predicted molar refractivity (Wildman–Crippen MR) is 42.0 cm³/mol. The van der Waals surface area contributed by atoms with E-state index in [2.05, 4.69) is 20.0 Å². The van der Waals surface area contributed by atoms with Crippen molar-refractivity contribution < 1.29 is 4.79 Å². The van der Waals surface area contributed by atoms with Crippen molar-refractivity contribution in [3.63, 3.8) is 0 Å². The zero-order valence-corrected chi connectivity index (χ0v) is 5.91. The molecule has 2 amide bonds. The molecule has 6 heteroatoms. The van der Waals surface area contributed by atoms with Gasteiger partial charge in [0.2, 0.25) is 5.29 Å². The molecule has 2 rings (SSSR count). The van der Waals surface area contributed by atoms with E-state index >= 15 is 0 Å². The van der Waals surface area contributed by atoms with Crippen molar-refractivity contribution in [1.82, 2.24) is 0 Å². The molecule has 2 aliphatic rings. The Labute approximate surface area is 66.2 Å². The van der Waals surface area contributed by atoms with Crippen LogP contribution in [0.1, 0.15) is 0 Å². The van der Waals surface area contributed by atoms with E-state index in [-0.39, 0.29) is 11.1 Å². The van der Waals surface area contributed by atoms with Crippen molar-refractivity contribution >= 4 is 40.7 Å². The number of hydrogen-bond acceptors (Lipinski definition) is 3. The van der Waals surface area contributed by atoms with Crippen LogP contribution in [0.25, 0.3) is 0 Å². The van der Waals surface area contributed by atoms with Crippen LogP contribution in [0.2, 0.25) is 0 Å². The van der Waals surface area contributed by atoms with Gasteiger partial charge in [-0.15, -0.1) is 0 Å². The number of halogens is 1.